The molecule has 0 saturated heterocycles. The highest BCUT2D eigenvalue weighted by molar-refractivity contribution is 5.85. The normalized spacial score (nSPS) is 20.1. The van der Waals surface area contributed by atoms with Crippen LogP contribution in [0, 0.1) is 0 Å². The van der Waals surface area contributed by atoms with E-state index in [1.165, 1.54) is 22.2 Å². The van der Waals surface area contributed by atoms with Gasteiger partial charge in [-0.3, -0.25) is 0 Å². The van der Waals surface area contributed by atoms with E-state index >= 15 is 0 Å². The van der Waals surface area contributed by atoms with E-state index in [1.54, 1.807) is 0 Å². The zero-order chi connectivity index (χ0) is 10.3. The average molecular weight is 198 g/mol. The minimum absolute atomic E-state index is 0.279. The van der Waals surface area contributed by atoms with Gasteiger partial charge in [-0.25, -0.2) is 0 Å². The number of H-pyrrole nitrogens is 1. The third kappa shape index (κ3) is 1.22. The Morgan fingerprint density at radius 2 is 2.20 bits per heavy atom. The van der Waals surface area contributed by atoms with Crippen molar-refractivity contribution in [3.8, 4) is 0 Å². The number of fused-ring (bicyclic) bond motifs is 3. The van der Waals surface area contributed by atoms with Gasteiger partial charge in [0.25, 0.3) is 0 Å². The molecule has 2 heteroatoms. The second-order valence-electron chi connectivity index (χ2n) is 3.98. The Bertz CT molecular complexity index is 510. The molecular weight excluding hydrogens is 184 g/mol. The third-order valence-electron chi connectivity index (χ3n) is 3.13. The van der Waals surface area contributed by atoms with Crippen LogP contribution in [0.5, 0.6) is 0 Å². The smallest absolute Gasteiger partial charge is 0.0659 e. The second-order valence-corrected chi connectivity index (χ2v) is 3.98. The summed E-state index contributed by atoms with van der Waals surface area (Å²) in [4.78, 5) is 3.48. The number of para-hydroxylation sites is 1. The quantitative estimate of drug-likeness (QED) is 0.677. The summed E-state index contributed by atoms with van der Waals surface area (Å²) in [5.41, 5.74) is 3.98. The molecule has 0 amide bonds. The van der Waals surface area contributed by atoms with Crippen LogP contribution in [0.15, 0.2) is 36.9 Å². The third-order valence-corrected chi connectivity index (χ3v) is 3.13. The van der Waals surface area contributed by atoms with Gasteiger partial charge in [0.2, 0.25) is 0 Å². The molecule has 1 atom stereocenters. The summed E-state index contributed by atoms with van der Waals surface area (Å²) in [6, 6.07) is 8.77. The molecule has 2 nitrogen and oxygen atoms in total. The highest BCUT2D eigenvalue weighted by Gasteiger charge is 2.20. The van der Waals surface area contributed by atoms with Crippen molar-refractivity contribution >= 4 is 10.9 Å². The largest absolute Gasteiger partial charge is 0.357 e. The lowest BCUT2D eigenvalue weighted by Crippen LogP contribution is -2.28. The zero-order valence-electron chi connectivity index (χ0n) is 8.59. The Morgan fingerprint density at radius 1 is 1.33 bits per heavy atom. The summed E-state index contributed by atoms with van der Waals surface area (Å²) >= 11 is 0. The Morgan fingerprint density at radius 3 is 3.07 bits per heavy atom. The number of benzene rings is 1. The number of hydrogen-bond acceptors (Lipinski definition) is 1. The predicted molar refractivity (Wildman–Crippen MR) is 62.9 cm³/mol. The molecule has 3 rings (SSSR count). The molecule has 1 unspecified atom stereocenters. The van der Waals surface area contributed by atoms with Crippen molar-refractivity contribution < 1.29 is 0 Å². The van der Waals surface area contributed by atoms with Crippen molar-refractivity contribution in [1.82, 2.24) is 10.3 Å². The Balaban J connectivity index is 2.28. The van der Waals surface area contributed by atoms with Crippen molar-refractivity contribution in [1.29, 1.82) is 0 Å². The lowest BCUT2D eigenvalue weighted by Gasteiger charge is -2.21. The fourth-order valence-electron chi connectivity index (χ4n) is 2.41. The van der Waals surface area contributed by atoms with Gasteiger partial charge in [-0.15, -0.1) is 6.58 Å². The summed E-state index contributed by atoms with van der Waals surface area (Å²) in [7, 11) is 0. The van der Waals surface area contributed by atoms with Gasteiger partial charge in [0.15, 0.2) is 0 Å². The number of rotatable bonds is 1. The maximum Gasteiger partial charge on any atom is 0.0659 e. The molecular formula is C13H14N2. The average Bonchev–Trinajstić information content (AvgIpc) is 2.67. The van der Waals surface area contributed by atoms with Crippen molar-refractivity contribution in [2.24, 2.45) is 0 Å². The van der Waals surface area contributed by atoms with Gasteiger partial charge in [-0.2, -0.15) is 0 Å². The topological polar surface area (TPSA) is 27.8 Å². The van der Waals surface area contributed by atoms with E-state index in [4.69, 9.17) is 0 Å². The van der Waals surface area contributed by atoms with Crippen molar-refractivity contribution in [2.75, 3.05) is 6.54 Å². The first-order valence-electron chi connectivity index (χ1n) is 5.35. The Labute approximate surface area is 89.0 Å². The zero-order valence-corrected chi connectivity index (χ0v) is 8.59. The molecule has 2 heterocycles. The monoisotopic (exact) mass is 198 g/mol. The summed E-state index contributed by atoms with van der Waals surface area (Å²) in [6.07, 6.45) is 3.07. The van der Waals surface area contributed by atoms with Crippen LogP contribution in [0.3, 0.4) is 0 Å². The fourth-order valence-corrected chi connectivity index (χ4v) is 2.41. The first kappa shape index (κ1) is 8.74. The van der Waals surface area contributed by atoms with E-state index in [2.05, 4.69) is 41.1 Å². The van der Waals surface area contributed by atoms with Gasteiger partial charge < -0.3 is 10.3 Å². The van der Waals surface area contributed by atoms with Crippen LogP contribution >= 0.6 is 0 Å². The fraction of sp³-hybridized carbons (Fsp3) is 0.231. The van der Waals surface area contributed by atoms with Gasteiger partial charge in [-0.05, 0) is 18.1 Å². The number of hydrogen-bond donors (Lipinski definition) is 2. The van der Waals surface area contributed by atoms with Gasteiger partial charge in [-0.1, -0.05) is 24.3 Å². The van der Waals surface area contributed by atoms with Crippen LogP contribution in [0.4, 0.5) is 0 Å². The lowest BCUT2D eigenvalue weighted by atomic mass is 9.99. The highest BCUT2D eigenvalue weighted by Crippen LogP contribution is 2.29. The van der Waals surface area contributed by atoms with Crippen molar-refractivity contribution in [3.63, 3.8) is 0 Å². The van der Waals surface area contributed by atoms with Crippen LogP contribution in [-0.4, -0.2) is 11.5 Å². The Kier molecular flexibility index (Phi) is 1.89. The molecule has 76 valence electrons. The molecule has 1 aliphatic rings. The molecule has 1 aromatic carbocycles. The summed E-state index contributed by atoms with van der Waals surface area (Å²) in [6.45, 7) is 4.90. The standard InChI is InChI=1S/C13H14N2/c1-2-11-13-10(7-8-14-11)9-5-3-4-6-12(9)15-13/h2-6,11,14-15H,1,7-8H2. The van der Waals surface area contributed by atoms with E-state index < -0.39 is 0 Å². The van der Waals surface area contributed by atoms with E-state index in [0.29, 0.717) is 0 Å². The number of nitrogens with one attached hydrogen (secondary N) is 2. The van der Waals surface area contributed by atoms with Gasteiger partial charge in [0.05, 0.1) is 6.04 Å². The van der Waals surface area contributed by atoms with E-state index in [1.807, 2.05) is 6.08 Å². The van der Waals surface area contributed by atoms with Gasteiger partial charge in [0, 0.05) is 23.1 Å². The van der Waals surface area contributed by atoms with Crippen LogP contribution in [0.25, 0.3) is 10.9 Å². The van der Waals surface area contributed by atoms with Crippen LogP contribution < -0.4 is 5.32 Å². The van der Waals surface area contributed by atoms with E-state index in [9.17, 15) is 0 Å². The maximum absolute atomic E-state index is 3.87. The summed E-state index contributed by atoms with van der Waals surface area (Å²) in [5, 5.41) is 4.80. The maximum atomic E-state index is 3.87. The van der Waals surface area contributed by atoms with Crippen LogP contribution in [0.2, 0.25) is 0 Å². The molecule has 0 saturated carbocycles. The molecule has 2 N–H and O–H groups in total. The second kappa shape index (κ2) is 3.24. The molecule has 0 spiro atoms. The first-order chi connectivity index (χ1) is 7.40. The Hall–Kier alpha value is -1.54. The van der Waals surface area contributed by atoms with E-state index in [-0.39, 0.29) is 6.04 Å². The molecule has 2 aromatic rings. The minimum atomic E-state index is 0.279. The van der Waals surface area contributed by atoms with Crippen LogP contribution in [-0.2, 0) is 6.42 Å². The summed E-state index contributed by atoms with van der Waals surface area (Å²) < 4.78 is 0. The number of aromatic nitrogens is 1. The highest BCUT2D eigenvalue weighted by atomic mass is 15.0. The van der Waals surface area contributed by atoms with Crippen molar-refractivity contribution in [2.45, 2.75) is 12.5 Å². The lowest BCUT2D eigenvalue weighted by molar-refractivity contribution is 0.574. The molecule has 0 radical (unpaired) electrons. The number of aromatic amines is 1. The predicted octanol–water partition coefficient (Wildman–Crippen LogP) is 2.54. The van der Waals surface area contributed by atoms with Crippen molar-refractivity contribution in [3.05, 3.63) is 48.2 Å². The van der Waals surface area contributed by atoms with Crippen LogP contribution in [0.1, 0.15) is 17.3 Å². The molecule has 15 heavy (non-hydrogen) atoms. The van der Waals surface area contributed by atoms with Gasteiger partial charge in [0.1, 0.15) is 0 Å². The molecule has 1 aromatic heterocycles. The SMILES string of the molecule is C=CC1NCCc2c1[nH]c1ccccc21. The summed E-state index contributed by atoms with van der Waals surface area (Å²) in [5.74, 6) is 0. The molecule has 0 aliphatic carbocycles. The van der Waals surface area contributed by atoms with E-state index in [0.717, 1.165) is 13.0 Å². The molecule has 0 bridgehead atoms. The molecule has 1 aliphatic heterocycles. The first-order valence-corrected chi connectivity index (χ1v) is 5.35. The minimum Gasteiger partial charge on any atom is -0.357 e. The van der Waals surface area contributed by atoms with Gasteiger partial charge >= 0.3 is 0 Å². The molecule has 0 fully saturated rings.